The summed E-state index contributed by atoms with van der Waals surface area (Å²) in [7, 11) is 3.34. The molecule has 1 aromatic heterocycles. The normalized spacial score (nSPS) is 11.2. The van der Waals surface area contributed by atoms with Crippen molar-refractivity contribution in [2.75, 3.05) is 27.3 Å². The summed E-state index contributed by atoms with van der Waals surface area (Å²) in [6.07, 6.45) is 1.73. The number of allylic oxidation sites excluding steroid dienone is 1. The molecular formula is C22H22N4O3. The van der Waals surface area contributed by atoms with E-state index in [0.29, 0.717) is 29.5 Å². The maximum atomic E-state index is 11.8. The van der Waals surface area contributed by atoms with Crippen LogP contribution in [0.5, 0.6) is 11.5 Å². The number of fused-ring (bicyclic) bond motifs is 1. The number of nitrogens with one attached hydrogen (secondary N) is 1. The van der Waals surface area contributed by atoms with Crippen LogP contribution in [0.4, 0.5) is 0 Å². The zero-order valence-corrected chi connectivity index (χ0v) is 16.6. The average Bonchev–Trinajstić information content (AvgIpc) is 3.15. The first kappa shape index (κ1) is 20.0. The van der Waals surface area contributed by atoms with Crippen molar-refractivity contribution in [3.05, 3.63) is 53.9 Å². The maximum Gasteiger partial charge on any atom is 0.259 e. The van der Waals surface area contributed by atoms with Gasteiger partial charge in [-0.05, 0) is 42.8 Å². The number of hydrogen-bond donors (Lipinski definition) is 1. The number of ether oxygens (including phenoxy) is 2. The van der Waals surface area contributed by atoms with Gasteiger partial charge in [0.15, 0.2) is 18.1 Å². The van der Waals surface area contributed by atoms with Gasteiger partial charge < -0.3 is 19.4 Å². The van der Waals surface area contributed by atoms with E-state index < -0.39 is 0 Å². The lowest BCUT2D eigenvalue weighted by Crippen LogP contribution is -2.27. The Labute approximate surface area is 169 Å². The molecule has 0 fully saturated rings. The molecule has 1 amide bonds. The molecule has 0 atom stereocenters. The highest BCUT2D eigenvalue weighted by Crippen LogP contribution is 2.30. The highest BCUT2D eigenvalue weighted by molar-refractivity contribution is 5.90. The van der Waals surface area contributed by atoms with Crippen molar-refractivity contribution in [3.63, 3.8) is 0 Å². The van der Waals surface area contributed by atoms with Crippen LogP contribution in [0.25, 0.3) is 22.7 Å². The molecule has 1 N–H and O–H groups in total. The monoisotopic (exact) mass is 390 g/mol. The molecule has 3 aromatic rings. The number of aromatic nitrogens is 2. The second kappa shape index (κ2) is 8.93. The molecule has 1 heterocycles. The van der Waals surface area contributed by atoms with Gasteiger partial charge in [-0.3, -0.25) is 4.79 Å². The third-order valence-electron chi connectivity index (χ3n) is 4.19. The van der Waals surface area contributed by atoms with Crippen molar-refractivity contribution in [3.8, 4) is 17.6 Å². The van der Waals surface area contributed by atoms with Crippen molar-refractivity contribution in [1.29, 1.82) is 5.26 Å². The highest BCUT2D eigenvalue weighted by atomic mass is 16.5. The van der Waals surface area contributed by atoms with Crippen LogP contribution in [0, 0.1) is 11.3 Å². The minimum atomic E-state index is -0.145. The van der Waals surface area contributed by atoms with Gasteiger partial charge in [0, 0.05) is 14.1 Å². The molecule has 0 unspecified atom stereocenters. The zero-order valence-electron chi connectivity index (χ0n) is 16.6. The maximum absolute atomic E-state index is 11.8. The van der Waals surface area contributed by atoms with Crippen LogP contribution in [0.15, 0.2) is 42.5 Å². The number of nitriles is 1. The molecule has 0 aliphatic heterocycles. The summed E-state index contributed by atoms with van der Waals surface area (Å²) in [5, 5.41) is 9.61. The Morgan fingerprint density at radius 3 is 2.69 bits per heavy atom. The van der Waals surface area contributed by atoms with Crippen LogP contribution in [-0.4, -0.2) is 48.1 Å². The number of hydrogen-bond acceptors (Lipinski definition) is 5. The molecule has 0 aliphatic rings. The highest BCUT2D eigenvalue weighted by Gasteiger charge is 2.12. The van der Waals surface area contributed by atoms with Gasteiger partial charge >= 0.3 is 0 Å². The summed E-state index contributed by atoms with van der Waals surface area (Å²) >= 11 is 0. The van der Waals surface area contributed by atoms with E-state index >= 15 is 0 Å². The molecule has 0 radical (unpaired) electrons. The third-order valence-corrected chi connectivity index (χ3v) is 4.19. The zero-order chi connectivity index (χ0) is 20.8. The van der Waals surface area contributed by atoms with Crippen molar-refractivity contribution in [2.45, 2.75) is 6.92 Å². The van der Waals surface area contributed by atoms with E-state index in [1.807, 2.05) is 31.2 Å². The molecular weight excluding hydrogens is 368 g/mol. The predicted molar refractivity (Wildman–Crippen MR) is 111 cm³/mol. The number of H-pyrrole nitrogens is 1. The van der Waals surface area contributed by atoms with Gasteiger partial charge in [-0.2, -0.15) is 5.26 Å². The number of aromatic amines is 1. The first-order valence-corrected chi connectivity index (χ1v) is 9.18. The van der Waals surface area contributed by atoms with E-state index in [1.165, 1.54) is 4.90 Å². The number of para-hydroxylation sites is 2. The van der Waals surface area contributed by atoms with Gasteiger partial charge in [-0.1, -0.05) is 18.2 Å². The first-order chi connectivity index (χ1) is 14.0. The van der Waals surface area contributed by atoms with Crippen molar-refractivity contribution in [1.82, 2.24) is 14.9 Å². The van der Waals surface area contributed by atoms with E-state index in [-0.39, 0.29) is 12.5 Å². The fourth-order valence-electron chi connectivity index (χ4n) is 2.67. The van der Waals surface area contributed by atoms with Crippen molar-refractivity contribution >= 4 is 28.6 Å². The van der Waals surface area contributed by atoms with Crippen LogP contribution in [0.3, 0.4) is 0 Å². The van der Waals surface area contributed by atoms with Crippen molar-refractivity contribution < 1.29 is 14.3 Å². The second-order valence-corrected chi connectivity index (χ2v) is 6.49. The average molecular weight is 390 g/mol. The third kappa shape index (κ3) is 4.74. The Morgan fingerprint density at radius 2 is 2.00 bits per heavy atom. The molecule has 29 heavy (non-hydrogen) atoms. The van der Waals surface area contributed by atoms with Gasteiger partial charge in [-0.15, -0.1) is 0 Å². The van der Waals surface area contributed by atoms with Gasteiger partial charge in [0.05, 0.1) is 23.2 Å². The molecule has 2 aromatic carbocycles. The summed E-state index contributed by atoms with van der Waals surface area (Å²) in [5.41, 5.74) is 2.83. The fourth-order valence-corrected chi connectivity index (χ4v) is 2.67. The Hall–Kier alpha value is -3.79. The number of carbonyl (C=O) groups is 1. The summed E-state index contributed by atoms with van der Waals surface area (Å²) in [4.78, 5) is 20.9. The topological polar surface area (TPSA) is 91.2 Å². The Kier molecular flexibility index (Phi) is 6.15. The van der Waals surface area contributed by atoms with Crippen LogP contribution < -0.4 is 9.47 Å². The Morgan fingerprint density at radius 1 is 1.21 bits per heavy atom. The molecule has 0 bridgehead atoms. The number of imidazole rings is 1. The smallest absolute Gasteiger partial charge is 0.259 e. The molecule has 0 spiro atoms. The lowest BCUT2D eigenvalue weighted by molar-refractivity contribution is -0.130. The quantitative estimate of drug-likeness (QED) is 0.624. The summed E-state index contributed by atoms with van der Waals surface area (Å²) in [5.74, 6) is 1.34. The minimum absolute atomic E-state index is 0.0787. The fraction of sp³-hybridized carbons (Fsp3) is 0.227. The minimum Gasteiger partial charge on any atom is -0.490 e. The molecule has 7 heteroatoms. The summed E-state index contributed by atoms with van der Waals surface area (Å²) in [6.45, 7) is 2.23. The molecule has 148 valence electrons. The molecule has 0 saturated heterocycles. The van der Waals surface area contributed by atoms with Crippen molar-refractivity contribution in [2.24, 2.45) is 0 Å². The molecule has 0 saturated carbocycles. The standard InChI is InChI=1S/C22H22N4O3/c1-4-28-20-12-15(9-10-19(20)29-14-21(27)26(2)3)11-16(13-23)22-24-17-7-5-6-8-18(17)25-22/h5-12H,4,14H2,1-3H3,(H,24,25). The number of nitrogens with zero attached hydrogens (tertiary/aromatic N) is 3. The van der Waals surface area contributed by atoms with E-state index in [1.54, 1.807) is 38.4 Å². The number of carbonyl (C=O) groups excluding carboxylic acids is 1. The number of likely N-dealkylation sites (N-methyl/N-ethyl adjacent to an activating group) is 1. The number of rotatable bonds is 7. The lowest BCUT2D eigenvalue weighted by atomic mass is 10.1. The van der Waals surface area contributed by atoms with Gasteiger partial charge in [0.1, 0.15) is 11.9 Å². The van der Waals surface area contributed by atoms with Gasteiger partial charge in [-0.25, -0.2) is 4.98 Å². The SMILES string of the molecule is CCOc1cc(C=C(C#N)c2nc3ccccc3[nH]2)ccc1OCC(=O)N(C)C. The molecule has 0 aliphatic carbocycles. The van der Waals surface area contributed by atoms with Gasteiger partial charge in [0.25, 0.3) is 5.91 Å². The summed E-state index contributed by atoms with van der Waals surface area (Å²) < 4.78 is 11.3. The van der Waals surface area contributed by atoms with Crippen LogP contribution in [-0.2, 0) is 4.79 Å². The molecule has 7 nitrogen and oxygen atoms in total. The second-order valence-electron chi connectivity index (χ2n) is 6.49. The number of benzene rings is 2. The predicted octanol–water partition coefficient (Wildman–Crippen LogP) is 3.49. The van der Waals surface area contributed by atoms with E-state index in [2.05, 4.69) is 16.0 Å². The van der Waals surface area contributed by atoms with Crippen LogP contribution in [0.1, 0.15) is 18.3 Å². The Bertz CT molecular complexity index is 1060. The summed E-state index contributed by atoms with van der Waals surface area (Å²) in [6, 6.07) is 15.1. The van der Waals surface area contributed by atoms with Crippen LogP contribution >= 0.6 is 0 Å². The van der Waals surface area contributed by atoms with E-state index in [0.717, 1.165) is 16.6 Å². The largest absolute Gasteiger partial charge is 0.490 e. The molecule has 3 rings (SSSR count). The van der Waals surface area contributed by atoms with Gasteiger partial charge in [0.2, 0.25) is 0 Å². The lowest BCUT2D eigenvalue weighted by Gasteiger charge is -2.14. The number of amides is 1. The van der Waals surface area contributed by atoms with Crippen LogP contribution in [0.2, 0.25) is 0 Å². The Balaban J connectivity index is 1.89. The van der Waals surface area contributed by atoms with E-state index in [9.17, 15) is 10.1 Å². The van der Waals surface area contributed by atoms with E-state index in [4.69, 9.17) is 9.47 Å². The first-order valence-electron chi connectivity index (χ1n) is 9.18.